The SMILES string of the molecule is COc1ccc([C@@]2(C)CCC(=O)O2)cc1OC. The fraction of sp³-hybridized carbons (Fsp3) is 0.462. The Balaban J connectivity index is 2.36. The van der Waals surface area contributed by atoms with E-state index in [4.69, 9.17) is 14.2 Å². The maximum absolute atomic E-state index is 11.2. The van der Waals surface area contributed by atoms with E-state index in [-0.39, 0.29) is 5.97 Å². The molecule has 0 saturated carbocycles. The van der Waals surface area contributed by atoms with Crippen LogP contribution in [0, 0.1) is 0 Å². The molecule has 1 atom stereocenters. The molecule has 2 rings (SSSR count). The fourth-order valence-corrected chi connectivity index (χ4v) is 2.06. The summed E-state index contributed by atoms with van der Waals surface area (Å²) in [5, 5.41) is 0. The molecule has 4 heteroatoms. The van der Waals surface area contributed by atoms with Gasteiger partial charge in [-0.1, -0.05) is 6.07 Å². The average molecular weight is 236 g/mol. The highest BCUT2D eigenvalue weighted by atomic mass is 16.6. The molecule has 0 aliphatic carbocycles. The van der Waals surface area contributed by atoms with Crippen LogP contribution in [0.4, 0.5) is 0 Å². The number of hydrogen-bond acceptors (Lipinski definition) is 4. The zero-order valence-electron chi connectivity index (χ0n) is 10.3. The summed E-state index contributed by atoms with van der Waals surface area (Å²) >= 11 is 0. The van der Waals surface area contributed by atoms with E-state index >= 15 is 0 Å². The van der Waals surface area contributed by atoms with Crippen molar-refractivity contribution < 1.29 is 19.0 Å². The van der Waals surface area contributed by atoms with Gasteiger partial charge in [-0.3, -0.25) is 4.79 Å². The van der Waals surface area contributed by atoms with Crippen LogP contribution in [0.25, 0.3) is 0 Å². The zero-order valence-corrected chi connectivity index (χ0v) is 10.3. The molecule has 1 fully saturated rings. The quantitative estimate of drug-likeness (QED) is 0.755. The van der Waals surface area contributed by atoms with Crippen molar-refractivity contribution in [2.24, 2.45) is 0 Å². The Bertz CT molecular complexity index is 441. The Hall–Kier alpha value is -1.71. The second-order valence-electron chi connectivity index (χ2n) is 4.27. The van der Waals surface area contributed by atoms with Crippen molar-refractivity contribution in [3.05, 3.63) is 23.8 Å². The maximum atomic E-state index is 11.2. The number of carbonyl (C=O) groups is 1. The van der Waals surface area contributed by atoms with Crippen LogP contribution in [0.1, 0.15) is 25.3 Å². The summed E-state index contributed by atoms with van der Waals surface area (Å²) in [4.78, 5) is 11.2. The predicted molar refractivity (Wildman–Crippen MR) is 62.2 cm³/mol. The molecule has 4 nitrogen and oxygen atoms in total. The van der Waals surface area contributed by atoms with Crippen LogP contribution in [0.2, 0.25) is 0 Å². The lowest BCUT2D eigenvalue weighted by Crippen LogP contribution is -2.20. The molecule has 1 saturated heterocycles. The van der Waals surface area contributed by atoms with Crippen LogP contribution in [0.3, 0.4) is 0 Å². The van der Waals surface area contributed by atoms with Gasteiger partial charge in [-0.05, 0) is 24.6 Å². The van der Waals surface area contributed by atoms with E-state index in [1.165, 1.54) is 0 Å². The molecule has 1 heterocycles. The maximum Gasteiger partial charge on any atom is 0.306 e. The van der Waals surface area contributed by atoms with Gasteiger partial charge in [0.15, 0.2) is 11.5 Å². The van der Waals surface area contributed by atoms with Gasteiger partial charge in [0.2, 0.25) is 0 Å². The van der Waals surface area contributed by atoms with Gasteiger partial charge in [0.05, 0.1) is 14.2 Å². The molecular formula is C13H16O4. The average Bonchev–Trinajstić information content (AvgIpc) is 2.69. The molecule has 0 unspecified atom stereocenters. The number of methoxy groups -OCH3 is 2. The highest BCUT2D eigenvalue weighted by molar-refractivity contribution is 5.72. The van der Waals surface area contributed by atoms with E-state index in [1.807, 2.05) is 25.1 Å². The van der Waals surface area contributed by atoms with Crippen molar-refractivity contribution in [3.8, 4) is 11.5 Å². The Labute approximate surface area is 100 Å². The molecule has 0 bridgehead atoms. The molecule has 0 radical (unpaired) electrons. The summed E-state index contributed by atoms with van der Waals surface area (Å²) in [6.07, 6.45) is 1.16. The van der Waals surface area contributed by atoms with Gasteiger partial charge in [-0.15, -0.1) is 0 Å². The summed E-state index contributed by atoms with van der Waals surface area (Å²) in [5.41, 5.74) is 0.386. The molecule has 1 aromatic rings. The monoisotopic (exact) mass is 236 g/mol. The number of benzene rings is 1. The van der Waals surface area contributed by atoms with Crippen molar-refractivity contribution in [2.75, 3.05) is 14.2 Å². The predicted octanol–water partition coefficient (Wildman–Crippen LogP) is 2.26. The molecule has 0 amide bonds. The van der Waals surface area contributed by atoms with Crippen molar-refractivity contribution >= 4 is 5.97 Å². The van der Waals surface area contributed by atoms with E-state index in [0.717, 1.165) is 5.56 Å². The Morgan fingerprint density at radius 1 is 1.24 bits per heavy atom. The van der Waals surface area contributed by atoms with Crippen LogP contribution >= 0.6 is 0 Å². The van der Waals surface area contributed by atoms with Gasteiger partial charge < -0.3 is 14.2 Å². The summed E-state index contributed by atoms with van der Waals surface area (Å²) < 4.78 is 15.8. The third kappa shape index (κ3) is 2.07. The Morgan fingerprint density at radius 3 is 2.47 bits per heavy atom. The van der Waals surface area contributed by atoms with Gasteiger partial charge in [0.1, 0.15) is 5.60 Å². The molecular weight excluding hydrogens is 220 g/mol. The number of carbonyl (C=O) groups excluding carboxylic acids is 1. The summed E-state index contributed by atoms with van der Waals surface area (Å²) in [7, 11) is 3.18. The normalized spacial score (nSPS) is 23.4. The second-order valence-corrected chi connectivity index (χ2v) is 4.27. The second kappa shape index (κ2) is 4.28. The number of hydrogen-bond donors (Lipinski definition) is 0. The third-order valence-electron chi connectivity index (χ3n) is 3.14. The fourth-order valence-electron chi connectivity index (χ4n) is 2.06. The minimum atomic E-state index is -0.545. The molecule has 1 aliphatic rings. The van der Waals surface area contributed by atoms with E-state index in [9.17, 15) is 4.79 Å². The first kappa shape index (κ1) is 11.8. The van der Waals surface area contributed by atoms with E-state index in [0.29, 0.717) is 24.3 Å². The molecule has 1 aromatic carbocycles. The third-order valence-corrected chi connectivity index (χ3v) is 3.14. The molecule has 0 aromatic heterocycles. The largest absolute Gasteiger partial charge is 0.493 e. The van der Waals surface area contributed by atoms with Crippen LogP contribution < -0.4 is 9.47 Å². The lowest BCUT2D eigenvalue weighted by atomic mass is 9.93. The van der Waals surface area contributed by atoms with Gasteiger partial charge in [-0.2, -0.15) is 0 Å². The van der Waals surface area contributed by atoms with Crippen molar-refractivity contribution in [1.29, 1.82) is 0 Å². The summed E-state index contributed by atoms with van der Waals surface area (Å²) in [6, 6.07) is 5.59. The molecule has 17 heavy (non-hydrogen) atoms. The zero-order chi connectivity index (χ0) is 12.5. The lowest BCUT2D eigenvalue weighted by Gasteiger charge is -2.24. The van der Waals surface area contributed by atoms with Crippen molar-refractivity contribution in [1.82, 2.24) is 0 Å². The highest BCUT2D eigenvalue weighted by Gasteiger charge is 2.37. The van der Waals surface area contributed by atoms with Gasteiger partial charge in [0, 0.05) is 12.8 Å². The minimum Gasteiger partial charge on any atom is -0.493 e. The first-order valence-electron chi connectivity index (χ1n) is 5.53. The van der Waals surface area contributed by atoms with Gasteiger partial charge in [0.25, 0.3) is 0 Å². The number of cyclic esters (lactones) is 1. The first-order chi connectivity index (χ1) is 8.09. The van der Waals surface area contributed by atoms with Gasteiger partial charge >= 0.3 is 5.97 Å². The van der Waals surface area contributed by atoms with Crippen LogP contribution in [-0.2, 0) is 15.1 Å². The Morgan fingerprint density at radius 2 is 1.94 bits per heavy atom. The van der Waals surface area contributed by atoms with E-state index in [1.54, 1.807) is 14.2 Å². The Kier molecular flexibility index (Phi) is 2.96. The molecule has 0 spiro atoms. The molecule has 1 aliphatic heterocycles. The molecule has 92 valence electrons. The van der Waals surface area contributed by atoms with Crippen LogP contribution in [-0.4, -0.2) is 20.2 Å². The molecule has 0 N–H and O–H groups in total. The van der Waals surface area contributed by atoms with E-state index < -0.39 is 5.60 Å². The van der Waals surface area contributed by atoms with Gasteiger partial charge in [-0.25, -0.2) is 0 Å². The van der Waals surface area contributed by atoms with E-state index in [2.05, 4.69) is 0 Å². The standard InChI is InChI=1S/C13H16O4/c1-13(7-6-12(14)17-13)9-4-5-10(15-2)11(8-9)16-3/h4-5,8H,6-7H2,1-3H3/t13-/m1/s1. The smallest absolute Gasteiger partial charge is 0.306 e. The number of esters is 1. The highest BCUT2D eigenvalue weighted by Crippen LogP contribution is 2.39. The van der Waals surface area contributed by atoms with Crippen LogP contribution in [0.15, 0.2) is 18.2 Å². The number of ether oxygens (including phenoxy) is 3. The first-order valence-corrected chi connectivity index (χ1v) is 5.53. The van der Waals surface area contributed by atoms with Crippen molar-refractivity contribution in [3.63, 3.8) is 0 Å². The van der Waals surface area contributed by atoms with Crippen LogP contribution in [0.5, 0.6) is 11.5 Å². The summed E-state index contributed by atoms with van der Waals surface area (Å²) in [6.45, 7) is 1.92. The lowest BCUT2D eigenvalue weighted by molar-refractivity contribution is -0.147. The number of rotatable bonds is 3. The topological polar surface area (TPSA) is 44.8 Å². The minimum absolute atomic E-state index is 0.151. The summed E-state index contributed by atoms with van der Waals surface area (Å²) in [5.74, 6) is 1.17. The van der Waals surface area contributed by atoms with Crippen molar-refractivity contribution in [2.45, 2.75) is 25.4 Å².